The standard InChI is InChI=1S/C20H13Cl2N3O3/c1-28-19(27)13-4-2-3-12(7-13)8-17-18(26)25(20-23-5-6-24(17)20)16-10-14(21)9-15(22)11-16/h2-11H,1H3/b17-8-. The average molecular weight is 414 g/mol. The van der Waals surface area contributed by atoms with Crippen LogP contribution in [0.3, 0.4) is 0 Å². The van der Waals surface area contributed by atoms with E-state index < -0.39 is 5.97 Å². The highest BCUT2D eigenvalue weighted by atomic mass is 35.5. The summed E-state index contributed by atoms with van der Waals surface area (Å²) in [7, 11) is 1.32. The van der Waals surface area contributed by atoms with Gasteiger partial charge in [-0.1, -0.05) is 35.3 Å². The highest BCUT2D eigenvalue weighted by Gasteiger charge is 2.14. The fourth-order valence-corrected chi connectivity index (χ4v) is 3.54. The van der Waals surface area contributed by atoms with Gasteiger partial charge in [-0.15, -0.1) is 0 Å². The molecule has 140 valence electrons. The number of carbonyl (C=O) groups is 1. The van der Waals surface area contributed by atoms with Crippen LogP contribution in [0.2, 0.25) is 10.0 Å². The Hall–Kier alpha value is -3.09. The summed E-state index contributed by atoms with van der Waals surface area (Å²) in [5, 5.41) is 1.21. The molecular formula is C20H13Cl2N3O3. The zero-order valence-electron chi connectivity index (χ0n) is 14.6. The van der Waals surface area contributed by atoms with Crippen molar-refractivity contribution < 1.29 is 9.53 Å². The third-order valence-electron chi connectivity index (χ3n) is 4.22. The third-order valence-corrected chi connectivity index (χ3v) is 4.66. The van der Waals surface area contributed by atoms with Crippen LogP contribution in [-0.2, 0) is 4.74 Å². The molecule has 0 aliphatic carbocycles. The molecule has 4 rings (SSSR count). The number of ether oxygens (including phenoxy) is 1. The van der Waals surface area contributed by atoms with E-state index >= 15 is 0 Å². The maximum absolute atomic E-state index is 13.1. The number of esters is 1. The van der Waals surface area contributed by atoms with Crippen LogP contribution in [0.5, 0.6) is 0 Å². The van der Waals surface area contributed by atoms with E-state index in [0.717, 1.165) is 0 Å². The molecule has 0 spiro atoms. The molecule has 0 saturated carbocycles. The average Bonchev–Trinajstić information content (AvgIpc) is 3.22. The van der Waals surface area contributed by atoms with E-state index in [1.54, 1.807) is 65.3 Å². The molecule has 0 bridgehead atoms. The molecule has 8 heteroatoms. The molecular weight excluding hydrogens is 401 g/mol. The van der Waals surface area contributed by atoms with E-state index in [2.05, 4.69) is 4.98 Å². The highest BCUT2D eigenvalue weighted by Crippen LogP contribution is 2.21. The minimum atomic E-state index is -0.448. The molecule has 0 N–H and O–H groups in total. The molecule has 0 aliphatic heterocycles. The van der Waals surface area contributed by atoms with Crippen molar-refractivity contribution >= 4 is 41.0 Å². The second-order valence-corrected chi connectivity index (χ2v) is 6.88. The van der Waals surface area contributed by atoms with Gasteiger partial charge in [-0.3, -0.25) is 9.20 Å². The lowest BCUT2D eigenvalue weighted by atomic mass is 10.1. The Bertz CT molecular complexity index is 1300. The fourth-order valence-electron chi connectivity index (χ4n) is 3.02. The summed E-state index contributed by atoms with van der Waals surface area (Å²) in [6.07, 6.45) is 4.97. The second kappa shape index (κ2) is 7.14. The van der Waals surface area contributed by atoms with Gasteiger partial charge in [0.05, 0.1) is 18.4 Å². The Morgan fingerprint density at radius 1 is 1.14 bits per heavy atom. The Morgan fingerprint density at radius 3 is 2.61 bits per heavy atom. The smallest absolute Gasteiger partial charge is 0.337 e. The van der Waals surface area contributed by atoms with Crippen LogP contribution >= 0.6 is 23.2 Å². The van der Waals surface area contributed by atoms with Crippen molar-refractivity contribution in [1.82, 2.24) is 14.0 Å². The lowest BCUT2D eigenvalue weighted by Crippen LogP contribution is -2.29. The van der Waals surface area contributed by atoms with Crippen LogP contribution in [0.25, 0.3) is 17.5 Å². The summed E-state index contributed by atoms with van der Waals surface area (Å²) < 4.78 is 7.86. The van der Waals surface area contributed by atoms with Gasteiger partial charge >= 0.3 is 5.97 Å². The largest absolute Gasteiger partial charge is 0.465 e. The summed E-state index contributed by atoms with van der Waals surface area (Å²) in [5.41, 5.74) is 1.30. The number of fused-ring (bicyclic) bond motifs is 1. The number of imidazole rings is 2. The summed E-state index contributed by atoms with van der Waals surface area (Å²) >= 11 is 12.2. The number of hydrogen-bond acceptors (Lipinski definition) is 4. The molecule has 0 saturated heterocycles. The predicted octanol–water partition coefficient (Wildman–Crippen LogP) is 3.13. The van der Waals surface area contributed by atoms with E-state index in [-0.39, 0.29) is 5.56 Å². The third kappa shape index (κ3) is 3.17. The molecule has 6 nitrogen and oxygen atoms in total. The number of carbonyl (C=O) groups excluding carboxylic acids is 1. The van der Waals surface area contributed by atoms with Gasteiger partial charge in [-0.25, -0.2) is 14.3 Å². The Morgan fingerprint density at radius 2 is 1.89 bits per heavy atom. The van der Waals surface area contributed by atoms with E-state index in [9.17, 15) is 9.59 Å². The molecule has 4 aromatic rings. The van der Waals surface area contributed by atoms with Crippen LogP contribution in [0.15, 0.2) is 59.7 Å². The first kappa shape index (κ1) is 18.3. The van der Waals surface area contributed by atoms with E-state index in [1.165, 1.54) is 11.7 Å². The number of hydrogen-bond donors (Lipinski definition) is 0. The Balaban J connectivity index is 1.96. The van der Waals surface area contributed by atoms with Crippen LogP contribution in [0.4, 0.5) is 0 Å². The van der Waals surface area contributed by atoms with Gasteiger partial charge in [0.25, 0.3) is 5.56 Å². The molecule has 0 fully saturated rings. The van der Waals surface area contributed by atoms with Crippen molar-refractivity contribution in [3.63, 3.8) is 0 Å². The lowest BCUT2D eigenvalue weighted by Gasteiger charge is -2.03. The topological polar surface area (TPSA) is 65.6 Å². The van der Waals surface area contributed by atoms with E-state index in [0.29, 0.717) is 38.0 Å². The van der Waals surface area contributed by atoms with Crippen LogP contribution in [0, 0.1) is 0 Å². The fraction of sp³-hybridized carbons (Fsp3) is 0.0500. The Labute approximate surface area is 169 Å². The number of methoxy groups -OCH3 is 1. The SMILES string of the molecule is COC(=O)c1cccc(/C=c2/c(=O)n(-c3cc(Cl)cc(Cl)c3)c3nccn23)c1. The molecule has 0 radical (unpaired) electrons. The van der Waals surface area contributed by atoms with Gasteiger partial charge in [0.2, 0.25) is 5.78 Å². The van der Waals surface area contributed by atoms with Crippen molar-refractivity contribution in [1.29, 1.82) is 0 Å². The molecule has 0 atom stereocenters. The number of nitrogens with zero attached hydrogens (tertiary/aromatic N) is 3. The van der Waals surface area contributed by atoms with Gasteiger partial charge < -0.3 is 4.74 Å². The van der Waals surface area contributed by atoms with E-state index in [1.807, 2.05) is 0 Å². The summed E-state index contributed by atoms with van der Waals surface area (Å²) in [6, 6.07) is 11.7. The quantitative estimate of drug-likeness (QED) is 0.484. The maximum atomic E-state index is 13.1. The van der Waals surface area contributed by atoms with Crippen LogP contribution < -0.4 is 10.9 Å². The first-order valence-corrected chi connectivity index (χ1v) is 8.98. The van der Waals surface area contributed by atoms with Gasteiger partial charge in [0.15, 0.2) is 0 Å². The molecule has 0 amide bonds. The van der Waals surface area contributed by atoms with Crippen LogP contribution in [-0.4, -0.2) is 27.0 Å². The minimum absolute atomic E-state index is 0.287. The molecule has 2 aromatic heterocycles. The normalized spacial score (nSPS) is 11.9. The molecule has 2 aromatic carbocycles. The van der Waals surface area contributed by atoms with Crippen molar-refractivity contribution in [2.75, 3.05) is 7.11 Å². The zero-order valence-corrected chi connectivity index (χ0v) is 16.1. The number of aromatic nitrogens is 3. The van der Waals surface area contributed by atoms with Crippen LogP contribution in [0.1, 0.15) is 15.9 Å². The first-order chi connectivity index (χ1) is 13.5. The van der Waals surface area contributed by atoms with Gasteiger partial charge in [-0.2, -0.15) is 0 Å². The summed E-state index contributed by atoms with van der Waals surface area (Å²) in [4.78, 5) is 29.2. The van der Waals surface area contributed by atoms with E-state index in [4.69, 9.17) is 27.9 Å². The van der Waals surface area contributed by atoms with Gasteiger partial charge in [-0.05, 0) is 42.0 Å². The summed E-state index contributed by atoms with van der Waals surface area (Å²) in [5.74, 6) is -0.0183. The summed E-state index contributed by atoms with van der Waals surface area (Å²) in [6.45, 7) is 0. The van der Waals surface area contributed by atoms with Crippen molar-refractivity contribution in [3.05, 3.63) is 91.7 Å². The predicted molar refractivity (Wildman–Crippen MR) is 107 cm³/mol. The minimum Gasteiger partial charge on any atom is -0.465 e. The second-order valence-electron chi connectivity index (χ2n) is 6.01. The Kier molecular flexibility index (Phi) is 4.66. The van der Waals surface area contributed by atoms with Crippen molar-refractivity contribution in [3.8, 4) is 5.69 Å². The number of rotatable bonds is 3. The van der Waals surface area contributed by atoms with Crippen molar-refractivity contribution in [2.24, 2.45) is 0 Å². The van der Waals surface area contributed by atoms with Crippen molar-refractivity contribution in [2.45, 2.75) is 0 Å². The maximum Gasteiger partial charge on any atom is 0.337 e. The molecule has 0 unspecified atom stereocenters. The first-order valence-electron chi connectivity index (χ1n) is 8.22. The number of halogens is 2. The number of benzene rings is 2. The lowest BCUT2D eigenvalue weighted by molar-refractivity contribution is 0.0600. The highest BCUT2D eigenvalue weighted by molar-refractivity contribution is 6.34. The molecule has 28 heavy (non-hydrogen) atoms. The monoisotopic (exact) mass is 413 g/mol. The molecule has 2 heterocycles. The van der Waals surface area contributed by atoms with Gasteiger partial charge in [0, 0.05) is 22.4 Å². The molecule has 0 aliphatic rings. The van der Waals surface area contributed by atoms with Gasteiger partial charge in [0.1, 0.15) is 5.35 Å². The zero-order chi connectivity index (χ0) is 19.8.